The summed E-state index contributed by atoms with van der Waals surface area (Å²) in [6, 6.07) is 8.96. The fraction of sp³-hybridized carbons (Fsp3) is 0.556. The average molecular weight is 303 g/mol. The SMILES string of the molecule is CC(C)[C@@H](O)[C@@H]1CCCN1C(=O)CCC(=O)c1ccccc1. The Kier molecular flexibility index (Phi) is 5.72. The summed E-state index contributed by atoms with van der Waals surface area (Å²) in [5.74, 6) is 0.102. The molecule has 2 rings (SSSR count). The van der Waals surface area contributed by atoms with Crippen molar-refractivity contribution in [1.82, 2.24) is 4.90 Å². The first-order valence-electron chi connectivity index (χ1n) is 8.06. The monoisotopic (exact) mass is 303 g/mol. The lowest BCUT2D eigenvalue weighted by Crippen LogP contribution is -2.44. The molecule has 22 heavy (non-hydrogen) atoms. The summed E-state index contributed by atoms with van der Waals surface area (Å²) in [5.41, 5.74) is 0.649. The van der Waals surface area contributed by atoms with Gasteiger partial charge in [-0.05, 0) is 18.8 Å². The fourth-order valence-electron chi connectivity index (χ4n) is 3.03. The summed E-state index contributed by atoms with van der Waals surface area (Å²) in [4.78, 5) is 26.2. The van der Waals surface area contributed by atoms with E-state index < -0.39 is 6.10 Å². The van der Waals surface area contributed by atoms with E-state index in [9.17, 15) is 14.7 Å². The molecule has 1 fully saturated rings. The number of hydrogen-bond donors (Lipinski definition) is 1. The number of carbonyl (C=O) groups is 2. The van der Waals surface area contributed by atoms with E-state index in [4.69, 9.17) is 0 Å². The fourth-order valence-corrected chi connectivity index (χ4v) is 3.03. The molecule has 0 saturated carbocycles. The quantitative estimate of drug-likeness (QED) is 0.822. The molecule has 0 radical (unpaired) electrons. The van der Waals surface area contributed by atoms with E-state index in [2.05, 4.69) is 0 Å². The van der Waals surface area contributed by atoms with Crippen LogP contribution in [0.4, 0.5) is 0 Å². The number of carbonyl (C=O) groups excluding carboxylic acids is 2. The number of hydrogen-bond acceptors (Lipinski definition) is 3. The van der Waals surface area contributed by atoms with Crippen molar-refractivity contribution >= 4 is 11.7 Å². The van der Waals surface area contributed by atoms with Gasteiger partial charge in [-0.3, -0.25) is 9.59 Å². The van der Waals surface area contributed by atoms with Gasteiger partial charge in [-0.2, -0.15) is 0 Å². The van der Waals surface area contributed by atoms with Gasteiger partial charge in [-0.25, -0.2) is 0 Å². The lowest BCUT2D eigenvalue weighted by Gasteiger charge is -2.30. The molecule has 1 aromatic carbocycles. The molecule has 1 heterocycles. The molecule has 0 spiro atoms. The molecule has 1 aromatic rings. The zero-order chi connectivity index (χ0) is 16.1. The van der Waals surface area contributed by atoms with Crippen LogP contribution in [0.1, 0.15) is 49.9 Å². The molecule has 4 heteroatoms. The average Bonchev–Trinajstić information content (AvgIpc) is 3.01. The van der Waals surface area contributed by atoms with E-state index in [1.807, 2.05) is 32.0 Å². The molecule has 1 amide bonds. The second kappa shape index (κ2) is 7.54. The van der Waals surface area contributed by atoms with Crippen molar-refractivity contribution in [3.63, 3.8) is 0 Å². The number of nitrogens with zero attached hydrogens (tertiary/aromatic N) is 1. The summed E-state index contributed by atoms with van der Waals surface area (Å²) in [7, 11) is 0. The van der Waals surface area contributed by atoms with Crippen molar-refractivity contribution in [2.24, 2.45) is 5.92 Å². The Hall–Kier alpha value is -1.68. The van der Waals surface area contributed by atoms with Crippen molar-refractivity contribution in [3.05, 3.63) is 35.9 Å². The van der Waals surface area contributed by atoms with Crippen molar-refractivity contribution < 1.29 is 14.7 Å². The Labute approximate surface area is 132 Å². The van der Waals surface area contributed by atoms with E-state index in [1.54, 1.807) is 17.0 Å². The van der Waals surface area contributed by atoms with Crippen LogP contribution in [0.5, 0.6) is 0 Å². The summed E-state index contributed by atoms with van der Waals surface area (Å²) in [6.45, 7) is 4.61. The maximum absolute atomic E-state index is 12.4. The zero-order valence-electron chi connectivity index (χ0n) is 13.4. The molecule has 1 aliphatic heterocycles. The molecule has 2 atom stereocenters. The minimum absolute atomic E-state index is 0.00546. The van der Waals surface area contributed by atoms with Gasteiger partial charge < -0.3 is 10.0 Å². The van der Waals surface area contributed by atoms with Crippen molar-refractivity contribution in [3.8, 4) is 0 Å². The van der Waals surface area contributed by atoms with Crippen LogP contribution in [0, 0.1) is 5.92 Å². The van der Waals surface area contributed by atoms with Gasteiger partial charge in [-0.15, -0.1) is 0 Å². The smallest absolute Gasteiger partial charge is 0.223 e. The van der Waals surface area contributed by atoms with Crippen molar-refractivity contribution in [2.75, 3.05) is 6.54 Å². The van der Waals surface area contributed by atoms with Crippen LogP contribution in [0.2, 0.25) is 0 Å². The van der Waals surface area contributed by atoms with Gasteiger partial charge in [0, 0.05) is 24.9 Å². The predicted molar refractivity (Wildman–Crippen MR) is 85.6 cm³/mol. The third kappa shape index (κ3) is 3.95. The first-order valence-corrected chi connectivity index (χ1v) is 8.06. The first-order chi connectivity index (χ1) is 10.5. The molecule has 0 unspecified atom stereocenters. The minimum Gasteiger partial charge on any atom is -0.391 e. The molecular weight excluding hydrogens is 278 g/mol. The topological polar surface area (TPSA) is 57.6 Å². The molecule has 0 aliphatic carbocycles. The summed E-state index contributed by atoms with van der Waals surface area (Å²) in [5, 5.41) is 10.2. The Morgan fingerprint density at radius 1 is 1.23 bits per heavy atom. The maximum atomic E-state index is 12.4. The van der Waals surface area contributed by atoms with Crippen molar-refractivity contribution in [1.29, 1.82) is 0 Å². The lowest BCUT2D eigenvalue weighted by molar-refractivity contribution is -0.134. The van der Waals surface area contributed by atoms with Crippen LogP contribution in [-0.2, 0) is 4.79 Å². The Morgan fingerprint density at radius 2 is 1.91 bits per heavy atom. The van der Waals surface area contributed by atoms with Crippen LogP contribution in [0.3, 0.4) is 0 Å². The van der Waals surface area contributed by atoms with Gasteiger partial charge in [0.1, 0.15) is 0 Å². The van der Waals surface area contributed by atoms with Gasteiger partial charge in [0.25, 0.3) is 0 Å². The Bertz CT molecular complexity index is 512. The molecular formula is C18H25NO3. The summed E-state index contributed by atoms with van der Waals surface area (Å²) >= 11 is 0. The van der Waals surface area contributed by atoms with E-state index in [1.165, 1.54) is 0 Å². The third-order valence-electron chi connectivity index (χ3n) is 4.36. The second-order valence-corrected chi connectivity index (χ2v) is 6.32. The van der Waals surface area contributed by atoms with Crippen LogP contribution in [-0.4, -0.2) is 40.4 Å². The molecule has 1 N–H and O–H groups in total. The largest absolute Gasteiger partial charge is 0.391 e. The van der Waals surface area contributed by atoms with Crippen molar-refractivity contribution in [2.45, 2.75) is 51.7 Å². The molecule has 120 valence electrons. The maximum Gasteiger partial charge on any atom is 0.223 e. The van der Waals surface area contributed by atoms with Crippen LogP contribution >= 0.6 is 0 Å². The van der Waals surface area contributed by atoms with Crippen LogP contribution in [0.25, 0.3) is 0 Å². The number of Topliss-reactive ketones (excluding diaryl/α,β-unsaturated/α-hetero) is 1. The molecule has 0 aromatic heterocycles. The minimum atomic E-state index is -0.490. The molecule has 0 bridgehead atoms. The zero-order valence-corrected chi connectivity index (χ0v) is 13.4. The van der Waals surface area contributed by atoms with Gasteiger partial charge in [0.2, 0.25) is 5.91 Å². The Morgan fingerprint density at radius 3 is 2.55 bits per heavy atom. The molecule has 4 nitrogen and oxygen atoms in total. The normalized spacial score (nSPS) is 19.5. The highest BCUT2D eigenvalue weighted by Gasteiger charge is 2.34. The van der Waals surface area contributed by atoms with Gasteiger partial charge in [0.15, 0.2) is 5.78 Å². The highest BCUT2D eigenvalue weighted by molar-refractivity contribution is 5.97. The highest BCUT2D eigenvalue weighted by Crippen LogP contribution is 2.25. The molecule has 1 saturated heterocycles. The van der Waals surface area contributed by atoms with Gasteiger partial charge in [-0.1, -0.05) is 44.2 Å². The number of amides is 1. The first kappa shape index (κ1) is 16.7. The van der Waals surface area contributed by atoms with Gasteiger partial charge >= 0.3 is 0 Å². The van der Waals surface area contributed by atoms with E-state index in [0.29, 0.717) is 12.1 Å². The third-order valence-corrected chi connectivity index (χ3v) is 4.36. The number of ketones is 1. The van der Waals surface area contributed by atoms with E-state index >= 15 is 0 Å². The van der Waals surface area contributed by atoms with Crippen LogP contribution < -0.4 is 0 Å². The van der Waals surface area contributed by atoms with E-state index in [-0.39, 0.29) is 36.5 Å². The molecule has 1 aliphatic rings. The predicted octanol–water partition coefficient (Wildman–Crippen LogP) is 2.66. The van der Waals surface area contributed by atoms with Crippen LogP contribution in [0.15, 0.2) is 30.3 Å². The number of aliphatic hydroxyl groups is 1. The summed E-state index contributed by atoms with van der Waals surface area (Å²) < 4.78 is 0. The van der Waals surface area contributed by atoms with Gasteiger partial charge in [0.05, 0.1) is 12.1 Å². The highest BCUT2D eigenvalue weighted by atomic mass is 16.3. The Balaban J connectivity index is 1.90. The van der Waals surface area contributed by atoms with E-state index in [0.717, 1.165) is 12.8 Å². The number of benzene rings is 1. The lowest BCUT2D eigenvalue weighted by atomic mass is 9.97. The standard InChI is InChI=1S/C18H25NO3/c1-13(2)18(22)15-9-6-12-19(15)17(21)11-10-16(20)14-7-4-3-5-8-14/h3-5,7-8,13,15,18,22H,6,9-12H2,1-2H3/t15-,18+/m0/s1. The number of aliphatic hydroxyl groups excluding tert-OH is 1. The second-order valence-electron chi connectivity index (χ2n) is 6.32. The number of likely N-dealkylation sites (tertiary alicyclic amines) is 1. The number of rotatable bonds is 6. The summed E-state index contributed by atoms with van der Waals surface area (Å²) in [6.07, 6.45) is 1.72.